The minimum atomic E-state index is 0.239. The summed E-state index contributed by atoms with van der Waals surface area (Å²) in [5.74, 6) is 0.768. The summed E-state index contributed by atoms with van der Waals surface area (Å²) in [7, 11) is 0. The second-order valence-corrected chi connectivity index (χ2v) is 8.31. The second kappa shape index (κ2) is 6.12. The van der Waals surface area contributed by atoms with Gasteiger partial charge in [-0.15, -0.1) is 0 Å². The van der Waals surface area contributed by atoms with E-state index in [1.54, 1.807) is 0 Å². The average molecular weight is 287 g/mol. The van der Waals surface area contributed by atoms with Crippen molar-refractivity contribution in [1.82, 2.24) is 5.32 Å². The first-order chi connectivity index (χ1) is 9.75. The summed E-state index contributed by atoms with van der Waals surface area (Å²) in [4.78, 5) is 0. The van der Waals surface area contributed by atoms with Crippen LogP contribution in [0.25, 0.3) is 0 Å². The lowest BCUT2D eigenvalue weighted by atomic mass is 9.72. The zero-order chi connectivity index (χ0) is 15.7. The van der Waals surface area contributed by atoms with Gasteiger partial charge < -0.3 is 5.32 Å². The molecule has 1 nitrogen and oxygen atoms in total. The van der Waals surface area contributed by atoms with Crippen molar-refractivity contribution in [2.24, 2.45) is 5.92 Å². The van der Waals surface area contributed by atoms with Crippen molar-refractivity contribution >= 4 is 0 Å². The van der Waals surface area contributed by atoms with Crippen molar-refractivity contribution in [3.8, 4) is 0 Å². The number of nitrogens with one attached hydrogen (secondary N) is 1. The Labute approximate surface area is 131 Å². The summed E-state index contributed by atoms with van der Waals surface area (Å²) in [6.45, 7) is 14.9. The molecule has 21 heavy (non-hydrogen) atoms. The van der Waals surface area contributed by atoms with Gasteiger partial charge in [0.15, 0.2) is 0 Å². The van der Waals surface area contributed by atoms with Crippen LogP contribution in [-0.2, 0) is 10.8 Å². The van der Waals surface area contributed by atoms with E-state index in [1.165, 1.54) is 30.4 Å². The van der Waals surface area contributed by atoms with Crippen LogP contribution in [0.15, 0.2) is 24.3 Å². The predicted octanol–water partition coefficient (Wildman–Crippen LogP) is 5.04. The SMILES string of the molecule is CC(C)NCC1(c2ccc(C(C)(C)C)cc2)CCCC1C. The molecular formula is C20H33N. The van der Waals surface area contributed by atoms with Crippen LogP contribution in [0.1, 0.15) is 71.9 Å². The molecule has 0 spiro atoms. The molecule has 0 heterocycles. The van der Waals surface area contributed by atoms with Crippen LogP contribution in [0.2, 0.25) is 0 Å². The van der Waals surface area contributed by atoms with Gasteiger partial charge in [-0.2, -0.15) is 0 Å². The number of benzene rings is 1. The summed E-state index contributed by atoms with van der Waals surface area (Å²) in [5, 5.41) is 3.70. The minimum absolute atomic E-state index is 0.239. The number of hydrogen-bond donors (Lipinski definition) is 1. The molecule has 1 aromatic rings. The van der Waals surface area contributed by atoms with Crippen molar-refractivity contribution in [2.75, 3.05) is 6.54 Å². The zero-order valence-corrected chi connectivity index (χ0v) is 14.8. The molecular weight excluding hydrogens is 254 g/mol. The van der Waals surface area contributed by atoms with Crippen LogP contribution in [0.3, 0.4) is 0 Å². The van der Waals surface area contributed by atoms with E-state index < -0.39 is 0 Å². The third-order valence-corrected chi connectivity index (χ3v) is 5.35. The summed E-state index contributed by atoms with van der Waals surface area (Å²) in [5.41, 5.74) is 3.54. The van der Waals surface area contributed by atoms with Crippen molar-refractivity contribution in [3.05, 3.63) is 35.4 Å². The molecule has 1 fully saturated rings. The van der Waals surface area contributed by atoms with Crippen LogP contribution in [0.5, 0.6) is 0 Å². The standard InChI is InChI=1S/C20H33N/c1-15(2)21-14-20(13-7-8-16(20)3)18-11-9-17(10-12-18)19(4,5)6/h9-12,15-16,21H,7-8,13-14H2,1-6H3. The van der Waals surface area contributed by atoms with Gasteiger partial charge in [0, 0.05) is 18.0 Å². The van der Waals surface area contributed by atoms with E-state index in [4.69, 9.17) is 0 Å². The fourth-order valence-corrected chi connectivity index (χ4v) is 3.73. The van der Waals surface area contributed by atoms with Gasteiger partial charge >= 0.3 is 0 Å². The summed E-state index contributed by atoms with van der Waals surface area (Å²) < 4.78 is 0. The normalized spacial score (nSPS) is 26.5. The third kappa shape index (κ3) is 3.51. The van der Waals surface area contributed by atoms with Crippen molar-refractivity contribution < 1.29 is 0 Å². The van der Waals surface area contributed by atoms with Gasteiger partial charge in [0.2, 0.25) is 0 Å². The molecule has 2 unspecified atom stereocenters. The van der Waals surface area contributed by atoms with Gasteiger partial charge in [-0.25, -0.2) is 0 Å². The average Bonchev–Trinajstić information content (AvgIpc) is 2.78. The quantitative estimate of drug-likeness (QED) is 0.818. The highest BCUT2D eigenvalue weighted by Gasteiger charge is 2.41. The molecule has 2 atom stereocenters. The van der Waals surface area contributed by atoms with E-state index in [0.717, 1.165) is 12.5 Å². The maximum atomic E-state index is 3.70. The van der Waals surface area contributed by atoms with Crippen LogP contribution < -0.4 is 5.32 Å². The molecule has 2 rings (SSSR count). The first-order valence-electron chi connectivity index (χ1n) is 8.60. The van der Waals surface area contributed by atoms with Gasteiger partial charge in [0.25, 0.3) is 0 Å². The molecule has 1 aromatic carbocycles. The van der Waals surface area contributed by atoms with Gasteiger partial charge in [-0.1, -0.05) is 72.2 Å². The molecule has 118 valence electrons. The molecule has 0 radical (unpaired) electrons. The molecule has 0 bridgehead atoms. The highest BCUT2D eigenvalue weighted by atomic mass is 14.9. The van der Waals surface area contributed by atoms with Crippen LogP contribution in [-0.4, -0.2) is 12.6 Å². The van der Waals surface area contributed by atoms with Crippen LogP contribution in [0.4, 0.5) is 0 Å². The third-order valence-electron chi connectivity index (χ3n) is 5.35. The van der Waals surface area contributed by atoms with Crippen LogP contribution >= 0.6 is 0 Å². The van der Waals surface area contributed by atoms with Crippen molar-refractivity contribution in [1.29, 1.82) is 0 Å². The zero-order valence-electron chi connectivity index (χ0n) is 14.8. The summed E-state index contributed by atoms with van der Waals surface area (Å²) >= 11 is 0. The lowest BCUT2D eigenvalue weighted by molar-refractivity contribution is 0.308. The predicted molar refractivity (Wildman–Crippen MR) is 93.0 cm³/mol. The molecule has 1 aliphatic carbocycles. The smallest absolute Gasteiger partial charge is 0.0103 e. The fourth-order valence-electron chi connectivity index (χ4n) is 3.73. The molecule has 0 amide bonds. The first-order valence-corrected chi connectivity index (χ1v) is 8.60. The fraction of sp³-hybridized carbons (Fsp3) is 0.700. The summed E-state index contributed by atoms with van der Waals surface area (Å²) in [6, 6.07) is 10.0. The van der Waals surface area contributed by atoms with Gasteiger partial charge in [0.05, 0.1) is 0 Å². The maximum Gasteiger partial charge on any atom is 0.0103 e. The Balaban J connectivity index is 2.29. The van der Waals surface area contributed by atoms with Gasteiger partial charge in [0.1, 0.15) is 0 Å². The Morgan fingerprint density at radius 2 is 1.81 bits per heavy atom. The van der Waals surface area contributed by atoms with E-state index in [2.05, 4.69) is 71.1 Å². The van der Waals surface area contributed by atoms with Gasteiger partial charge in [-0.05, 0) is 35.3 Å². The highest BCUT2D eigenvalue weighted by molar-refractivity contribution is 5.34. The first kappa shape index (κ1) is 16.5. The van der Waals surface area contributed by atoms with Crippen molar-refractivity contribution in [3.63, 3.8) is 0 Å². The molecule has 1 heteroatoms. The van der Waals surface area contributed by atoms with E-state index in [1.807, 2.05) is 0 Å². The molecule has 0 aromatic heterocycles. The highest BCUT2D eigenvalue weighted by Crippen LogP contribution is 2.45. The Morgan fingerprint density at radius 1 is 1.19 bits per heavy atom. The van der Waals surface area contributed by atoms with E-state index in [9.17, 15) is 0 Å². The Hall–Kier alpha value is -0.820. The lowest BCUT2D eigenvalue weighted by Crippen LogP contribution is -2.42. The monoisotopic (exact) mass is 287 g/mol. The molecule has 1 saturated carbocycles. The minimum Gasteiger partial charge on any atom is -0.314 e. The van der Waals surface area contributed by atoms with Crippen molar-refractivity contribution in [2.45, 2.75) is 77.7 Å². The van der Waals surface area contributed by atoms with E-state index in [0.29, 0.717) is 11.5 Å². The van der Waals surface area contributed by atoms with E-state index >= 15 is 0 Å². The Morgan fingerprint density at radius 3 is 2.24 bits per heavy atom. The molecule has 1 aliphatic rings. The number of hydrogen-bond acceptors (Lipinski definition) is 1. The van der Waals surface area contributed by atoms with E-state index in [-0.39, 0.29) is 5.41 Å². The Kier molecular flexibility index (Phi) is 4.82. The largest absolute Gasteiger partial charge is 0.314 e. The van der Waals surface area contributed by atoms with Gasteiger partial charge in [-0.3, -0.25) is 0 Å². The topological polar surface area (TPSA) is 12.0 Å². The summed E-state index contributed by atoms with van der Waals surface area (Å²) in [6.07, 6.45) is 4.05. The second-order valence-electron chi connectivity index (χ2n) is 8.31. The molecule has 0 aliphatic heterocycles. The lowest BCUT2D eigenvalue weighted by Gasteiger charge is -2.36. The maximum absolute atomic E-state index is 3.70. The Bertz CT molecular complexity index is 452. The van der Waals surface area contributed by atoms with Crippen LogP contribution in [0, 0.1) is 5.92 Å². The number of rotatable bonds is 4. The molecule has 1 N–H and O–H groups in total. The molecule has 0 saturated heterocycles.